The van der Waals surface area contributed by atoms with Gasteiger partial charge in [-0.3, -0.25) is 4.79 Å². The molecule has 0 spiro atoms. The smallest absolute Gasteiger partial charge is 0.204 e. The average molecular weight is 293 g/mol. The standard InChI is InChI=1S/C18H19N3O/c1-12-8-9-14(10-13(12)2)17(22)11-21-16-7-5-4-6-15(16)20-18(21)19-3/h4-10H,11H2,1-3H3,(H,19,20). The first-order chi connectivity index (χ1) is 10.6. The number of nitrogens with one attached hydrogen (secondary N) is 1. The highest BCUT2D eigenvalue weighted by molar-refractivity contribution is 5.97. The molecule has 0 atom stereocenters. The summed E-state index contributed by atoms with van der Waals surface area (Å²) in [6.45, 7) is 4.35. The van der Waals surface area contributed by atoms with Crippen molar-refractivity contribution in [1.29, 1.82) is 0 Å². The van der Waals surface area contributed by atoms with E-state index in [9.17, 15) is 4.79 Å². The first-order valence-electron chi connectivity index (χ1n) is 7.33. The minimum atomic E-state index is 0.0859. The monoisotopic (exact) mass is 293 g/mol. The molecule has 2 aromatic carbocycles. The van der Waals surface area contributed by atoms with E-state index in [0.717, 1.165) is 22.2 Å². The van der Waals surface area contributed by atoms with Gasteiger partial charge in [0.1, 0.15) is 0 Å². The molecule has 3 aromatic rings. The number of nitrogens with zero attached hydrogens (tertiary/aromatic N) is 2. The number of carbonyl (C=O) groups excluding carboxylic acids is 1. The molecule has 0 fully saturated rings. The summed E-state index contributed by atoms with van der Waals surface area (Å²) in [5, 5.41) is 3.06. The van der Waals surface area contributed by atoms with Crippen LogP contribution in [0.25, 0.3) is 11.0 Å². The Labute approximate surface area is 129 Å². The zero-order chi connectivity index (χ0) is 15.7. The summed E-state index contributed by atoms with van der Waals surface area (Å²) >= 11 is 0. The van der Waals surface area contributed by atoms with Crippen molar-refractivity contribution < 1.29 is 4.79 Å². The predicted octanol–water partition coefficient (Wildman–Crippen LogP) is 3.58. The Hall–Kier alpha value is -2.62. The molecule has 1 heterocycles. The van der Waals surface area contributed by atoms with Crippen LogP contribution in [-0.2, 0) is 6.54 Å². The van der Waals surface area contributed by atoms with Crippen molar-refractivity contribution in [3.8, 4) is 0 Å². The van der Waals surface area contributed by atoms with Crippen molar-refractivity contribution in [2.75, 3.05) is 12.4 Å². The molecule has 0 aliphatic carbocycles. The third-order valence-electron chi connectivity index (χ3n) is 4.01. The van der Waals surface area contributed by atoms with Crippen molar-refractivity contribution in [3.05, 3.63) is 59.2 Å². The fourth-order valence-electron chi connectivity index (χ4n) is 2.58. The van der Waals surface area contributed by atoms with Crippen molar-refractivity contribution >= 4 is 22.8 Å². The molecule has 4 heteroatoms. The maximum atomic E-state index is 12.6. The molecule has 1 aromatic heterocycles. The van der Waals surface area contributed by atoms with E-state index < -0.39 is 0 Å². The second kappa shape index (κ2) is 5.64. The molecule has 0 saturated carbocycles. The van der Waals surface area contributed by atoms with Gasteiger partial charge in [0.05, 0.1) is 17.6 Å². The van der Waals surface area contributed by atoms with Gasteiger partial charge in [-0.15, -0.1) is 0 Å². The number of aryl methyl sites for hydroxylation is 2. The van der Waals surface area contributed by atoms with E-state index in [-0.39, 0.29) is 12.3 Å². The maximum absolute atomic E-state index is 12.6. The van der Waals surface area contributed by atoms with Gasteiger partial charge in [-0.1, -0.05) is 24.3 Å². The lowest BCUT2D eigenvalue weighted by Crippen LogP contribution is -2.13. The summed E-state index contributed by atoms with van der Waals surface area (Å²) in [5.74, 6) is 0.793. The number of Topliss-reactive ketones (excluding diaryl/α,β-unsaturated/α-hetero) is 1. The van der Waals surface area contributed by atoms with Crippen LogP contribution in [-0.4, -0.2) is 22.4 Å². The number of rotatable bonds is 4. The lowest BCUT2D eigenvalue weighted by atomic mass is 10.0. The molecule has 3 rings (SSSR count). The summed E-state index contributed by atoms with van der Waals surface area (Å²) in [7, 11) is 1.82. The van der Waals surface area contributed by atoms with Crippen molar-refractivity contribution in [3.63, 3.8) is 0 Å². The number of fused-ring (bicyclic) bond motifs is 1. The minimum Gasteiger partial charge on any atom is -0.359 e. The van der Waals surface area contributed by atoms with Crippen LogP contribution < -0.4 is 5.32 Å². The second-order valence-corrected chi connectivity index (χ2v) is 5.48. The van der Waals surface area contributed by atoms with Crippen LogP contribution in [0, 0.1) is 13.8 Å². The maximum Gasteiger partial charge on any atom is 0.204 e. The Morgan fingerprint density at radius 1 is 1.14 bits per heavy atom. The summed E-state index contributed by atoms with van der Waals surface area (Å²) in [6, 6.07) is 13.7. The van der Waals surface area contributed by atoms with Crippen LogP contribution in [0.2, 0.25) is 0 Å². The molecule has 22 heavy (non-hydrogen) atoms. The van der Waals surface area contributed by atoms with Gasteiger partial charge in [-0.25, -0.2) is 4.98 Å². The van der Waals surface area contributed by atoms with Crippen LogP contribution in [0.3, 0.4) is 0 Å². The first kappa shape index (κ1) is 14.3. The Balaban J connectivity index is 1.98. The summed E-state index contributed by atoms with van der Waals surface area (Å²) in [4.78, 5) is 17.1. The molecule has 0 amide bonds. The van der Waals surface area contributed by atoms with E-state index in [0.29, 0.717) is 5.95 Å². The number of ketones is 1. The lowest BCUT2D eigenvalue weighted by Gasteiger charge is -2.09. The zero-order valence-corrected chi connectivity index (χ0v) is 13.1. The van der Waals surface area contributed by atoms with Crippen molar-refractivity contribution in [2.45, 2.75) is 20.4 Å². The first-order valence-corrected chi connectivity index (χ1v) is 7.33. The highest BCUT2D eigenvalue weighted by atomic mass is 16.1. The van der Waals surface area contributed by atoms with Gasteiger partial charge in [0, 0.05) is 12.6 Å². The van der Waals surface area contributed by atoms with E-state index in [2.05, 4.69) is 10.3 Å². The van der Waals surface area contributed by atoms with Crippen molar-refractivity contribution in [2.24, 2.45) is 0 Å². The quantitative estimate of drug-likeness (QED) is 0.748. The number of hydrogen-bond donors (Lipinski definition) is 1. The van der Waals surface area contributed by atoms with Gasteiger partial charge in [0.2, 0.25) is 5.95 Å². The zero-order valence-electron chi connectivity index (χ0n) is 13.1. The largest absolute Gasteiger partial charge is 0.359 e. The van der Waals surface area contributed by atoms with Crippen LogP contribution >= 0.6 is 0 Å². The number of anilines is 1. The molecule has 0 unspecified atom stereocenters. The number of hydrogen-bond acceptors (Lipinski definition) is 3. The molecule has 112 valence electrons. The summed E-state index contributed by atoms with van der Waals surface area (Å²) < 4.78 is 1.92. The third kappa shape index (κ3) is 2.48. The molecule has 0 aliphatic heterocycles. The molecular weight excluding hydrogens is 274 g/mol. The van der Waals surface area contributed by atoms with Gasteiger partial charge in [0.25, 0.3) is 0 Å². The molecule has 0 radical (unpaired) electrons. The Morgan fingerprint density at radius 2 is 1.91 bits per heavy atom. The number of carbonyl (C=O) groups is 1. The SMILES string of the molecule is CNc1nc2ccccc2n1CC(=O)c1ccc(C)c(C)c1. The lowest BCUT2D eigenvalue weighted by molar-refractivity contribution is 0.0974. The minimum absolute atomic E-state index is 0.0859. The molecule has 1 N–H and O–H groups in total. The van der Waals surface area contributed by atoms with Crippen LogP contribution in [0.1, 0.15) is 21.5 Å². The Kier molecular flexibility index (Phi) is 3.67. The van der Waals surface area contributed by atoms with E-state index in [1.807, 2.05) is 67.9 Å². The normalized spacial score (nSPS) is 10.9. The van der Waals surface area contributed by atoms with Crippen LogP contribution in [0.4, 0.5) is 5.95 Å². The number of imidazole rings is 1. The molecule has 0 bridgehead atoms. The molecule has 0 aliphatic rings. The van der Waals surface area contributed by atoms with E-state index in [1.54, 1.807) is 0 Å². The number of benzene rings is 2. The number of para-hydroxylation sites is 2. The van der Waals surface area contributed by atoms with Gasteiger partial charge >= 0.3 is 0 Å². The summed E-state index contributed by atoms with van der Waals surface area (Å²) in [6.07, 6.45) is 0. The van der Waals surface area contributed by atoms with Gasteiger partial charge < -0.3 is 9.88 Å². The van der Waals surface area contributed by atoms with Gasteiger partial charge in [-0.05, 0) is 43.2 Å². The fourth-order valence-corrected chi connectivity index (χ4v) is 2.58. The third-order valence-corrected chi connectivity index (χ3v) is 4.01. The Bertz CT molecular complexity index is 849. The highest BCUT2D eigenvalue weighted by Gasteiger charge is 2.14. The van der Waals surface area contributed by atoms with Gasteiger partial charge in [-0.2, -0.15) is 0 Å². The fraction of sp³-hybridized carbons (Fsp3) is 0.222. The number of aromatic nitrogens is 2. The van der Waals surface area contributed by atoms with E-state index in [1.165, 1.54) is 5.56 Å². The van der Waals surface area contributed by atoms with Gasteiger partial charge in [0.15, 0.2) is 5.78 Å². The van der Waals surface area contributed by atoms with Crippen LogP contribution in [0.15, 0.2) is 42.5 Å². The van der Waals surface area contributed by atoms with Crippen LogP contribution in [0.5, 0.6) is 0 Å². The summed E-state index contributed by atoms with van der Waals surface area (Å²) in [5.41, 5.74) is 4.92. The average Bonchev–Trinajstić information content (AvgIpc) is 2.88. The molecular formula is C18H19N3O. The van der Waals surface area contributed by atoms with E-state index in [4.69, 9.17) is 0 Å². The molecule has 0 saturated heterocycles. The molecule has 4 nitrogen and oxygen atoms in total. The van der Waals surface area contributed by atoms with Crippen molar-refractivity contribution in [1.82, 2.24) is 9.55 Å². The Morgan fingerprint density at radius 3 is 2.64 bits per heavy atom. The second-order valence-electron chi connectivity index (χ2n) is 5.48. The predicted molar refractivity (Wildman–Crippen MR) is 89.5 cm³/mol. The highest BCUT2D eigenvalue weighted by Crippen LogP contribution is 2.20. The van der Waals surface area contributed by atoms with E-state index >= 15 is 0 Å². The topological polar surface area (TPSA) is 46.9 Å².